The lowest BCUT2D eigenvalue weighted by atomic mass is 10.1. The fourth-order valence-corrected chi connectivity index (χ4v) is 5.24. The molecule has 1 aliphatic carbocycles. The number of benzene rings is 1. The molecule has 0 amide bonds. The van der Waals surface area contributed by atoms with Gasteiger partial charge in [-0.1, -0.05) is 11.6 Å². The summed E-state index contributed by atoms with van der Waals surface area (Å²) in [7, 11) is 0. The zero-order chi connectivity index (χ0) is 24.9. The number of hydrogen-bond acceptors (Lipinski definition) is 6. The molecule has 2 fully saturated rings. The van der Waals surface area contributed by atoms with Gasteiger partial charge >= 0.3 is 5.97 Å². The summed E-state index contributed by atoms with van der Waals surface area (Å²) in [5.74, 6) is -1.99. The average molecular weight is 504 g/mol. The third kappa shape index (κ3) is 4.65. The highest BCUT2D eigenvalue weighted by Crippen LogP contribution is 2.42. The predicted octanol–water partition coefficient (Wildman–Crippen LogP) is 2.56. The smallest absolute Gasteiger partial charge is 0.341 e. The number of aromatic carboxylic acids is 1. The molecule has 3 heterocycles. The van der Waals surface area contributed by atoms with E-state index in [1.54, 1.807) is 10.9 Å². The quantitative estimate of drug-likeness (QED) is 0.433. The van der Waals surface area contributed by atoms with Crippen molar-refractivity contribution in [2.45, 2.75) is 50.9 Å². The molecular weight excluding hydrogens is 477 g/mol. The van der Waals surface area contributed by atoms with Crippen LogP contribution in [0.4, 0.5) is 10.1 Å². The summed E-state index contributed by atoms with van der Waals surface area (Å²) in [6, 6.07) is 1.18. The van der Waals surface area contributed by atoms with Gasteiger partial charge in [-0.3, -0.25) is 4.79 Å². The van der Waals surface area contributed by atoms with E-state index >= 15 is 4.39 Å². The van der Waals surface area contributed by atoms with Crippen molar-refractivity contribution in [3.05, 3.63) is 57.1 Å². The van der Waals surface area contributed by atoms with Gasteiger partial charge in [0, 0.05) is 44.1 Å². The first-order valence-electron chi connectivity index (χ1n) is 11.7. The van der Waals surface area contributed by atoms with Crippen molar-refractivity contribution in [1.29, 1.82) is 0 Å². The summed E-state index contributed by atoms with van der Waals surface area (Å²) in [5.41, 5.74) is 0.359. The van der Waals surface area contributed by atoms with Crippen molar-refractivity contribution >= 4 is 34.2 Å². The van der Waals surface area contributed by atoms with Crippen LogP contribution in [0.25, 0.3) is 10.9 Å². The molecule has 11 heteroatoms. The van der Waals surface area contributed by atoms with Gasteiger partial charge in [-0.2, -0.15) is 0 Å². The maximum Gasteiger partial charge on any atom is 0.341 e. The van der Waals surface area contributed by atoms with Crippen LogP contribution in [0.5, 0.6) is 0 Å². The lowest BCUT2D eigenvalue weighted by Crippen LogP contribution is -2.39. The number of aliphatic hydroxyl groups excluding tert-OH is 1. The first-order valence-corrected chi connectivity index (χ1v) is 12.1. The van der Waals surface area contributed by atoms with E-state index in [1.807, 2.05) is 22.6 Å². The standard InChI is InChI=1S/C24H27ClFN5O4/c1-13-8-29(12-28-13)10-16(32)7-27-14-4-5-30(9-14)22-19(26)6-17-21(20(22)25)31(15-2-3-15)11-18(23(17)33)24(34)35/h6,8,11-12,14-16,27,32H,2-5,7,9-10H2,1H3,(H,34,35). The van der Waals surface area contributed by atoms with Crippen LogP contribution in [-0.4, -0.2) is 62.1 Å². The van der Waals surface area contributed by atoms with Crippen molar-refractivity contribution in [1.82, 2.24) is 19.4 Å². The summed E-state index contributed by atoms with van der Waals surface area (Å²) < 4.78 is 18.8. The molecule has 0 spiro atoms. The molecule has 5 rings (SSSR count). The van der Waals surface area contributed by atoms with Gasteiger partial charge in [0.2, 0.25) is 5.43 Å². The summed E-state index contributed by atoms with van der Waals surface area (Å²) >= 11 is 6.72. The Morgan fingerprint density at radius 3 is 2.77 bits per heavy atom. The Hall–Kier alpha value is -2.95. The van der Waals surface area contributed by atoms with Gasteiger partial charge in [-0.15, -0.1) is 0 Å². The van der Waals surface area contributed by atoms with Crippen LogP contribution in [0.15, 0.2) is 29.6 Å². The molecule has 2 unspecified atom stereocenters. The first kappa shape index (κ1) is 23.8. The van der Waals surface area contributed by atoms with Gasteiger partial charge in [0.05, 0.1) is 46.3 Å². The normalized spacial score (nSPS) is 19.0. The van der Waals surface area contributed by atoms with Crippen LogP contribution in [0, 0.1) is 12.7 Å². The minimum atomic E-state index is -1.34. The average Bonchev–Trinajstić information content (AvgIpc) is 3.41. The maximum atomic E-state index is 15.3. The molecule has 3 N–H and O–H groups in total. The summed E-state index contributed by atoms with van der Waals surface area (Å²) in [4.78, 5) is 30.3. The van der Waals surface area contributed by atoms with E-state index in [2.05, 4.69) is 10.3 Å². The number of pyridine rings is 1. The second-order valence-corrected chi connectivity index (χ2v) is 9.82. The van der Waals surface area contributed by atoms with Crippen LogP contribution in [-0.2, 0) is 6.54 Å². The molecule has 3 aromatic rings. The molecule has 0 bridgehead atoms. The molecular formula is C24H27ClFN5O4. The number of imidazole rings is 1. The van der Waals surface area contributed by atoms with E-state index in [0.29, 0.717) is 31.7 Å². The van der Waals surface area contributed by atoms with Gasteiger partial charge < -0.3 is 29.6 Å². The van der Waals surface area contributed by atoms with Gasteiger partial charge in [-0.25, -0.2) is 14.2 Å². The number of carboxylic acid groups (broad SMARTS) is 1. The number of anilines is 1. The molecule has 1 saturated heterocycles. The molecule has 9 nitrogen and oxygen atoms in total. The molecule has 35 heavy (non-hydrogen) atoms. The number of aryl methyl sites for hydroxylation is 1. The molecule has 1 aliphatic heterocycles. The molecule has 1 aromatic carbocycles. The highest BCUT2D eigenvalue weighted by atomic mass is 35.5. The summed E-state index contributed by atoms with van der Waals surface area (Å²) in [6.45, 7) is 3.73. The number of nitrogens with zero attached hydrogens (tertiary/aromatic N) is 4. The Bertz CT molecular complexity index is 1350. The van der Waals surface area contributed by atoms with Gasteiger partial charge in [0.1, 0.15) is 11.4 Å². The van der Waals surface area contributed by atoms with Crippen LogP contribution in [0.3, 0.4) is 0 Å². The van der Waals surface area contributed by atoms with E-state index in [9.17, 15) is 19.8 Å². The maximum absolute atomic E-state index is 15.3. The molecule has 186 valence electrons. The van der Waals surface area contributed by atoms with E-state index in [4.69, 9.17) is 11.6 Å². The van der Waals surface area contributed by atoms with Crippen molar-refractivity contribution in [2.75, 3.05) is 24.5 Å². The largest absolute Gasteiger partial charge is 0.477 e. The van der Waals surface area contributed by atoms with Crippen molar-refractivity contribution in [3.63, 3.8) is 0 Å². The number of carbonyl (C=O) groups is 1. The molecule has 2 aliphatic rings. The third-order valence-electron chi connectivity index (χ3n) is 6.69. The number of rotatable bonds is 8. The Balaban J connectivity index is 1.36. The van der Waals surface area contributed by atoms with Crippen molar-refractivity contribution in [2.24, 2.45) is 0 Å². The Morgan fingerprint density at radius 1 is 1.34 bits per heavy atom. The molecule has 2 aromatic heterocycles. The highest BCUT2D eigenvalue weighted by molar-refractivity contribution is 6.38. The topological polar surface area (TPSA) is 113 Å². The molecule has 1 saturated carbocycles. The second kappa shape index (κ2) is 9.25. The van der Waals surface area contributed by atoms with Gasteiger partial charge in [-0.05, 0) is 32.3 Å². The van der Waals surface area contributed by atoms with E-state index in [0.717, 1.165) is 31.0 Å². The number of nitrogens with one attached hydrogen (secondary N) is 1. The van der Waals surface area contributed by atoms with Gasteiger partial charge in [0.25, 0.3) is 0 Å². The highest BCUT2D eigenvalue weighted by Gasteiger charge is 2.32. The zero-order valence-corrected chi connectivity index (χ0v) is 20.0. The minimum absolute atomic E-state index is 0.0187. The monoisotopic (exact) mass is 503 g/mol. The second-order valence-electron chi connectivity index (χ2n) is 9.44. The Labute approximate surface area is 205 Å². The summed E-state index contributed by atoms with van der Waals surface area (Å²) in [5, 5.41) is 23.2. The van der Waals surface area contributed by atoms with Gasteiger partial charge in [0.15, 0.2) is 0 Å². The van der Waals surface area contributed by atoms with Crippen LogP contribution < -0.4 is 15.6 Å². The van der Waals surface area contributed by atoms with Crippen LogP contribution in [0.2, 0.25) is 5.02 Å². The third-order valence-corrected chi connectivity index (χ3v) is 7.04. The van der Waals surface area contributed by atoms with Crippen LogP contribution in [0.1, 0.15) is 41.4 Å². The SMILES string of the molecule is Cc1cn(CC(O)CNC2CCN(c3c(F)cc4c(=O)c(C(=O)O)cn(C5CC5)c4c3Cl)C2)cn1. The zero-order valence-electron chi connectivity index (χ0n) is 19.2. The Kier molecular flexibility index (Phi) is 6.29. The lowest BCUT2D eigenvalue weighted by Gasteiger charge is -2.24. The fraction of sp³-hybridized carbons (Fsp3) is 0.458. The minimum Gasteiger partial charge on any atom is -0.477 e. The van der Waals surface area contributed by atoms with E-state index in [1.165, 1.54) is 6.20 Å². The van der Waals surface area contributed by atoms with E-state index in [-0.39, 0.29) is 33.7 Å². The molecule has 0 radical (unpaired) electrons. The van der Waals surface area contributed by atoms with Crippen LogP contribution >= 0.6 is 11.6 Å². The number of hydrogen-bond donors (Lipinski definition) is 3. The fourth-order valence-electron chi connectivity index (χ4n) is 4.83. The Morgan fingerprint density at radius 2 is 2.11 bits per heavy atom. The number of carboxylic acids is 1. The van der Waals surface area contributed by atoms with Crippen molar-refractivity contribution < 1.29 is 19.4 Å². The number of fused-ring (bicyclic) bond motifs is 1. The number of aromatic nitrogens is 3. The first-order chi connectivity index (χ1) is 16.7. The lowest BCUT2D eigenvalue weighted by molar-refractivity contribution is 0.0694. The summed E-state index contributed by atoms with van der Waals surface area (Å²) in [6.07, 6.45) is 6.70. The number of halogens is 2. The van der Waals surface area contributed by atoms with E-state index < -0.39 is 23.3 Å². The molecule has 2 atom stereocenters. The number of aliphatic hydroxyl groups is 1. The predicted molar refractivity (Wildman–Crippen MR) is 130 cm³/mol. The van der Waals surface area contributed by atoms with Crippen molar-refractivity contribution in [3.8, 4) is 0 Å².